The van der Waals surface area contributed by atoms with E-state index < -0.39 is 11.9 Å². The van der Waals surface area contributed by atoms with Gasteiger partial charge in [-0.25, -0.2) is 4.98 Å². The number of aromatic nitrogens is 1. The number of nitrogens with one attached hydrogen (secondary N) is 1. The van der Waals surface area contributed by atoms with Crippen LogP contribution in [0.3, 0.4) is 0 Å². The molecular weight excluding hydrogens is 242 g/mol. The third-order valence-electron chi connectivity index (χ3n) is 2.96. The molecule has 0 aliphatic rings. The summed E-state index contributed by atoms with van der Waals surface area (Å²) in [5, 5.41) is 21.2. The fourth-order valence-corrected chi connectivity index (χ4v) is 1.99. The molecule has 102 valence electrons. The van der Waals surface area contributed by atoms with Crippen molar-refractivity contribution in [2.45, 2.75) is 33.6 Å². The van der Waals surface area contributed by atoms with Crippen LogP contribution < -0.4 is 5.32 Å². The average molecular weight is 261 g/mol. The number of pyridine rings is 1. The maximum atomic E-state index is 11.1. The zero-order valence-electron chi connectivity index (χ0n) is 11.5. The lowest BCUT2D eigenvalue weighted by Gasteiger charge is -2.14. The second kappa shape index (κ2) is 6.74. The minimum absolute atomic E-state index is 0.285. The van der Waals surface area contributed by atoms with Gasteiger partial charge in [-0.15, -0.1) is 0 Å². The van der Waals surface area contributed by atoms with Crippen LogP contribution in [-0.2, 0) is 4.79 Å². The summed E-state index contributed by atoms with van der Waals surface area (Å²) in [5.74, 6) is -0.807. The molecule has 5 nitrogen and oxygen atoms in total. The molecule has 0 fully saturated rings. The molecule has 0 aliphatic heterocycles. The molecule has 1 heterocycles. The normalized spacial score (nSPS) is 11.7. The fraction of sp³-hybridized carbons (Fsp3) is 0.500. The lowest BCUT2D eigenvalue weighted by Crippen LogP contribution is -2.23. The van der Waals surface area contributed by atoms with E-state index in [1.807, 2.05) is 26.8 Å². The second-order valence-electron chi connectivity index (χ2n) is 4.62. The standard InChI is InChI=1S/C14H19N3O2/c1-4-5-11(14(18)19)8-16-13-12(7-15)9(2)6-10(3)17-13/h6,11H,4-5,8H2,1-3H3,(H,16,17)(H,18,19). The smallest absolute Gasteiger partial charge is 0.308 e. The molecule has 1 aromatic rings. The largest absolute Gasteiger partial charge is 0.481 e. The Morgan fingerprint density at radius 1 is 1.58 bits per heavy atom. The average Bonchev–Trinajstić information content (AvgIpc) is 2.33. The van der Waals surface area contributed by atoms with Crippen LogP contribution >= 0.6 is 0 Å². The first-order valence-corrected chi connectivity index (χ1v) is 6.34. The third kappa shape index (κ3) is 3.95. The monoisotopic (exact) mass is 261 g/mol. The van der Waals surface area contributed by atoms with Gasteiger partial charge in [0.25, 0.3) is 0 Å². The van der Waals surface area contributed by atoms with Crippen molar-refractivity contribution in [1.29, 1.82) is 5.26 Å². The molecule has 19 heavy (non-hydrogen) atoms. The number of carboxylic acids is 1. The van der Waals surface area contributed by atoms with Crippen molar-refractivity contribution >= 4 is 11.8 Å². The Morgan fingerprint density at radius 2 is 2.26 bits per heavy atom. The number of hydrogen-bond donors (Lipinski definition) is 2. The predicted octanol–water partition coefficient (Wildman–Crippen LogP) is 2.48. The Hall–Kier alpha value is -2.09. The van der Waals surface area contributed by atoms with Crippen LogP contribution in [0.5, 0.6) is 0 Å². The van der Waals surface area contributed by atoms with E-state index in [9.17, 15) is 4.79 Å². The molecule has 2 N–H and O–H groups in total. The summed E-state index contributed by atoms with van der Waals surface area (Å²) in [4.78, 5) is 15.3. The van der Waals surface area contributed by atoms with Crippen molar-refractivity contribution in [1.82, 2.24) is 4.98 Å². The van der Waals surface area contributed by atoms with Crippen molar-refractivity contribution in [3.05, 3.63) is 22.9 Å². The molecular formula is C14H19N3O2. The SMILES string of the molecule is CCCC(CNc1nc(C)cc(C)c1C#N)C(=O)O. The van der Waals surface area contributed by atoms with E-state index in [0.717, 1.165) is 17.7 Å². The molecule has 1 atom stereocenters. The van der Waals surface area contributed by atoms with Gasteiger partial charge in [0, 0.05) is 12.2 Å². The van der Waals surface area contributed by atoms with Gasteiger partial charge in [-0.2, -0.15) is 5.26 Å². The number of rotatable bonds is 6. The van der Waals surface area contributed by atoms with E-state index in [2.05, 4.69) is 16.4 Å². The summed E-state index contributed by atoms with van der Waals surface area (Å²) in [6, 6.07) is 3.94. The number of nitrogens with zero attached hydrogens (tertiary/aromatic N) is 2. The number of aryl methyl sites for hydroxylation is 2. The number of nitriles is 1. The first kappa shape index (κ1) is 15.0. The van der Waals surface area contributed by atoms with E-state index in [4.69, 9.17) is 10.4 Å². The summed E-state index contributed by atoms with van der Waals surface area (Å²) in [7, 11) is 0. The number of anilines is 1. The number of hydrogen-bond acceptors (Lipinski definition) is 4. The Balaban J connectivity index is 2.88. The van der Waals surface area contributed by atoms with E-state index in [1.54, 1.807) is 0 Å². The highest BCUT2D eigenvalue weighted by Crippen LogP contribution is 2.18. The van der Waals surface area contributed by atoms with Gasteiger partial charge in [-0.05, 0) is 31.9 Å². The van der Waals surface area contributed by atoms with Gasteiger partial charge in [0.2, 0.25) is 0 Å². The molecule has 0 radical (unpaired) electrons. The van der Waals surface area contributed by atoms with Crippen LogP contribution in [0.2, 0.25) is 0 Å². The molecule has 0 amide bonds. The Bertz CT molecular complexity index is 506. The van der Waals surface area contributed by atoms with E-state index >= 15 is 0 Å². The van der Waals surface area contributed by atoms with Crippen LogP contribution in [-0.4, -0.2) is 22.6 Å². The molecule has 1 aromatic heterocycles. The highest BCUT2D eigenvalue weighted by Gasteiger charge is 2.17. The molecule has 0 spiro atoms. The minimum atomic E-state index is -0.822. The number of carbonyl (C=O) groups is 1. The van der Waals surface area contributed by atoms with Gasteiger partial charge >= 0.3 is 5.97 Å². The zero-order chi connectivity index (χ0) is 14.4. The topological polar surface area (TPSA) is 86.0 Å². The van der Waals surface area contributed by atoms with Crippen LogP contribution in [0.1, 0.15) is 36.6 Å². The molecule has 5 heteroatoms. The van der Waals surface area contributed by atoms with Crippen molar-refractivity contribution in [3.8, 4) is 6.07 Å². The predicted molar refractivity (Wildman–Crippen MR) is 72.9 cm³/mol. The Morgan fingerprint density at radius 3 is 2.79 bits per heavy atom. The van der Waals surface area contributed by atoms with E-state index in [-0.39, 0.29) is 6.54 Å². The maximum Gasteiger partial charge on any atom is 0.308 e. The highest BCUT2D eigenvalue weighted by atomic mass is 16.4. The Labute approximate surface area is 113 Å². The second-order valence-corrected chi connectivity index (χ2v) is 4.62. The zero-order valence-corrected chi connectivity index (χ0v) is 11.5. The summed E-state index contributed by atoms with van der Waals surface area (Å²) in [6.07, 6.45) is 1.42. The minimum Gasteiger partial charge on any atom is -0.481 e. The van der Waals surface area contributed by atoms with Crippen molar-refractivity contribution in [3.63, 3.8) is 0 Å². The number of aliphatic carboxylic acids is 1. The van der Waals surface area contributed by atoms with Crippen LogP contribution in [0.25, 0.3) is 0 Å². The van der Waals surface area contributed by atoms with Gasteiger partial charge in [0.1, 0.15) is 11.9 Å². The van der Waals surface area contributed by atoms with Gasteiger partial charge < -0.3 is 10.4 Å². The van der Waals surface area contributed by atoms with Crippen LogP contribution in [0, 0.1) is 31.1 Å². The summed E-state index contributed by atoms with van der Waals surface area (Å²) >= 11 is 0. The van der Waals surface area contributed by atoms with Gasteiger partial charge in [-0.3, -0.25) is 4.79 Å². The lowest BCUT2D eigenvalue weighted by atomic mass is 10.0. The first-order valence-electron chi connectivity index (χ1n) is 6.34. The molecule has 0 bridgehead atoms. The summed E-state index contributed by atoms with van der Waals surface area (Å²) in [5.41, 5.74) is 2.13. The highest BCUT2D eigenvalue weighted by molar-refractivity contribution is 5.71. The van der Waals surface area contributed by atoms with Crippen molar-refractivity contribution in [2.75, 3.05) is 11.9 Å². The molecule has 0 aliphatic carbocycles. The van der Waals surface area contributed by atoms with Gasteiger partial charge in [0.05, 0.1) is 11.5 Å². The van der Waals surface area contributed by atoms with E-state index in [0.29, 0.717) is 17.8 Å². The molecule has 0 saturated heterocycles. The van der Waals surface area contributed by atoms with Crippen LogP contribution in [0.4, 0.5) is 5.82 Å². The molecule has 1 rings (SSSR count). The quantitative estimate of drug-likeness (QED) is 0.821. The summed E-state index contributed by atoms with van der Waals surface area (Å²) < 4.78 is 0. The maximum absolute atomic E-state index is 11.1. The summed E-state index contributed by atoms with van der Waals surface area (Å²) in [6.45, 7) is 5.93. The van der Waals surface area contributed by atoms with Crippen molar-refractivity contribution in [2.24, 2.45) is 5.92 Å². The third-order valence-corrected chi connectivity index (χ3v) is 2.96. The van der Waals surface area contributed by atoms with Crippen molar-refractivity contribution < 1.29 is 9.90 Å². The van der Waals surface area contributed by atoms with Gasteiger partial charge in [0.15, 0.2) is 0 Å². The molecule has 0 aromatic carbocycles. The number of carboxylic acid groups (broad SMARTS) is 1. The Kier molecular flexibility index (Phi) is 5.31. The van der Waals surface area contributed by atoms with Gasteiger partial charge in [-0.1, -0.05) is 13.3 Å². The van der Waals surface area contributed by atoms with E-state index in [1.165, 1.54) is 0 Å². The fourth-order valence-electron chi connectivity index (χ4n) is 1.99. The molecule has 1 unspecified atom stereocenters. The lowest BCUT2D eigenvalue weighted by molar-refractivity contribution is -0.141. The first-order chi connectivity index (χ1) is 8.99. The molecule has 0 saturated carbocycles. The van der Waals surface area contributed by atoms with Crippen LogP contribution in [0.15, 0.2) is 6.07 Å².